The Morgan fingerprint density at radius 1 is 0.875 bits per heavy atom. The number of fused-ring (bicyclic) bond motifs is 2. The predicted molar refractivity (Wildman–Crippen MR) is 103 cm³/mol. The third kappa shape index (κ3) is 2.68. The Labute approximate surface area is 157 Å². The van der Waals surface area contributed by atoms with Crippen molar-refractivity contribution < 1.29 is 4.79 Å². The lowest BCUT2D eigenvalue weighted by Crippen LogP contribution is -2.27. The maximum absolute atomic E-state index is 12.9. The number of Topliss-reactive ketones (excluding diaryl/α,β-unsaturated/α-hetero) is 1. The van der Waals surface area contributed by atoms with Crippen molar-refractivity contribution in [3.05, 3.63) is 81.3 Å². The smallest absolute Gasteiger partial charge is 0.175 e. The van der Waals surface area contributed by atoms with Gasteiger partial charge in [-0.2, -0.15) is 0 Å². The Kier molecular flexibility index (Phi) is 4.17. The maximum Gasteiger partial charge on any atom is 0.175 e. The van der Waals surface area contributed by atoms with Crippen molar-refractivity contribution in [3.63, 3.8) is 0 Å². The lowest BCUT2D eigenvalue weighted by atomic mass is 9.91. The van der Waals surface area contributed by atoms with Crippen LogP contribution in [0.25, 0.3) is 0 Å². The second kappa shape index (κ2) is 6.20. The van der Waals surface area contributed by atoms with Crippen molar-refractivity contribution in [2.75, 3.05) is 0 Å². The van der Waals surface area contributed by atoms with Gasteiger partial charge in [-0.25, -0.2) is 0 Å². The molecule has 0 amide bonds. The molecule has 0 radical (unpaired) electrons. The number of carbonyl (C=O) groups excluding carboxylic acids is 1. The van der Waals surface area contributed by atoms with Crippen molar-refractivity contribution >= 4 is 55.9 Å². The summed E-state index contributed by atoms with van der Waals surface area (Å²) in [5.41, 5.74) is 0.672. The van der Waals surface area contributed by atoms with Crippen LogP contribution in [-0.2, 0) is 0 Å². The molecule has 120 valence electrons. The normalized spacial score (nSPS) is 22.0. The van der Waals surface area contributed by atoms with E-state index in [1.165, 1.54) is 0 Å². The van der Waals surface area contributed by atoms with Gasteiger partial charge >= 0.3 is 0 Å². The van der Waals surface area contributed by atoms with Crippen LogP contribution in [0, 0.1) is 5.92 Å². The topological polar surface area (TPSA) is 17.1 Å². The van der Waals surface area contributed by atoms with E-state index in [0.29, 0.717) is 20.6 Å². The van der Waals surface area contributed by atoms with Gasteiger partial charge in [0, 0.05) is 30.4 Å². The Balaban J connectivity index is 2.03. The number of hydrogen-bond donors (Lipinski definition) is 0. The molecule has 2 aromatic carbocycles. The van der Waals surface area contributed by atoms with E-state index in [9.17, 15) is 4.79 Å². The fourth-order valence-electron chi connectivity index (χ4n) is 2.96. The largest absolute Gasteiger partial charge is 0.293 e. The van der Waals surface area contributed by atoms with E-state index in [0.717, 1.165) is 14.7 Å². The zero-order valence-electron chi connectivity index (χ0n) is 12.3. The van der Waals surface area contributed by atoms with Gasteiger partial charge in [-0.3, -0.25) is 4.79 Å². The quantitative estimate of drug-likeness (QED) is 0.515. The molecule has 1 aliphatic heterocycles. The molecule has 24 heavy (non-hydrogen) atoms. The molecular formula is C19H11Cl3OS. The van der Waals surface area contributed by atoms with Gasteiger partial charge in [0.15, 0.2) is 5.78 Å². The second-order valence-electron chi connectivity index (χ2n) is 5.53. The van der Waals surface area contributed by atoms with Crippen LogP contribution < -0.4 is 0 Å². The van der Waals surface area contributed by atoms with Crippen molar-refractivity contribution in [1.29, 1.82) is 0 Å². The van der Waals surface area contributed by atoms with Crippen LogP contribution in [0.3, 0.4) is 0 Å². The van der Waals surface area contributed by atoms with Crippen LogP contribution in [0.5, 0.6) is 0 Å². The first-order valence-electron chi connectivity index (χ1n) is 7.30. The second-order valence-corrected chi connectivity index (χ2v) is 8.83. The highest BCUT2D eigenvalue weighted by Gasteiger charge is 2.33. The average Bonchev–Trinajstić information content (AvgIpc) is 2.57. The molecule has 0 fully saturated rings. The summed E-state index contributed by atoms with van der Waals surface area (Å²) in [7, 11) is -0.363. The summed E-state index contributed by atoms with van der Waals surface area (Å²) in [5.74, 6) is -0.296. The number of rotatable bonds is 1. The van der Waals surface area contributed by atoms with Crippen LogP contribution in [0.1, 0.15) is 10.4 Å². The highest BCUT2D eigenvalue weighted by atomic mass is 35.5. The molecule has 2 aromatic rings. The number of hydrogen-bond acceptors (Lipinski definition) is 1. The number of ketones is 1. The standard InChI is InChI=1S/C19H11Cl3OS/c20-11-1-5-14(6-2-11)24-17-7-3-12(21)9-15(17)19(23)16-10-13(22)4-8-18(16)24/h1-10,15H. The van der Waals surface area contributed by atoms with Crippen molar-refractivity contribution in [1.82, 2.24) is 0 Å². The number of benzene rings is 2. The fraction of sp³-hybridized carbons (Fsp3) is 0.0526. The van der Waals surface area contributed by atoms with Crippen LogP contribution in [-0.4, -0.2) is 10.6 Å². The first kappa shape index (κ1) is 16.2. The monoisotopic (exact) mass is 392 g/mol. The van der Waals surface area contributed by atoms with Gasteiger partial charge in [0.25, 0.3) is 0 Å². The van der Waals surface area contributed by atoms with Crippen LogP contribution in [0.15, 0.2) is 75.5 Å². The number of allylic oxidation sites excluding steroid dienone is 4. The Morgan fingerprint density at radius 2 is 1.58 bits per heavy atom. The van der Waals surface area contributed by atoms with Gasteiger partial charge < -0.3 is 0 Å². The van der Waals surface area contributed by atoms with E-state index >= 15 is 0 Å². The summed E-state index contributed by atoms with van der Waals surface area (Å²) in [6.45, 7) is 0. The molecule has 0 aromatic heterocycles. The fourth-order valence-corrected chi connectivity index (χ4v) is 5.86. The van der Waals surface area contributed by atoms with Gasteiger partial charge in [0.2, 0.25) is 0 Å². The lowest BCUT2D eigenvalue weighted by molar-refractivity contribution is 0.0969. The van der Waals surface area contributed by atoms with E-state index in [4.69, 9.17) is 34.8 Å². The average molecular weight is 394 g/mol. The summed E-state index contributed by atoms with van der Waals surface area (Å²) in [6, 6.07) is 13.3. The van der Waals surface area contributed by atoms with Gasteiger partial charge in [-0.05, 0) is 53.4 Å². The molecule has 0 bridgehead atoms. The summed E-state index contributed by atoms with van der Waals surface area (Å²) in [5, 5.41) is 1.84. The Hall–Kier alpha value is -1.32. The van der Waals surface area contributed by atoms with Gasteiger partial charge in [-0.15, -0.1) is 10.5 Å². The minimum absolute atomic E-state index is 0.0442. The number of carbonyl (C=O) groups is 1. The zero-order valence-corrected chi connectivity index (χ0v) is 15.4. The molecule has 0 N–H and O–H groups in total. The maximum atomic E-state index is 12.9. The van der Waals surface area contributed by atoms with Crippen molar-refractivity contribution in [2.45, 2.75) is 9.79 Å². The molecule has 1 heterocycles. The van der Waals surface area contributed by atoms with Crippen LogP contribution in [0.2, 0.25) is 10.0 Å². The van der Waals surface area contributed by atoms with Crippen LogP contribution in [0.4, 0.5) is 0 Å². The molecule has 1 nitrogen and oxygen atoms in total. The van der Waals surface area contributed by atoms with Crippen molar-refractivity contribution in [2.24, 2.45) is 5.92 Å². The molecule has 1 aliphatic carbocycles. The molecule has 2 unspecified atom stereocenters. The third-order valence-electron chi connectivity index (χ3n) is 4.03. The van der Waals surface area contributed by atoms with Crippen LogP contribution >= 0.6 is 45.3 Å². The van der Waals surface area contributed by atoms with E-state index in [1.54, 1.807) is 6.07 Å². The predicted octanol–water partition coefficient (Wildman–Crippen LogP) is 6.36. The summed E-state index contributed by atoms with van der Waals surface area (Å²) in [6.07, 6.45) is 5.64. The molecule has 4 rings (SSSR count). The highest BCUT2D eigenvalue weighted by Crippen LogP contribution is 2.47. The summed E-state index contributed by atoms with van der Waals surface area (Å²) in [4.78, 5) is 16.1. The molecule has 0 spiro atoms. The molecule has 0 saturated heterocycles. The first-order chi connectivity index (χ1) is 11.5. The van der Waals surface area contributed by atoms with E-state index in [-0.39, 0.29) is 22.2 Å². The van der Waals surface area contributed by atoms with Gasteiger partial charge in [0.05, 0.1) is 5.92 Å². The Morgan fingerprint density at radius 3 is 2.33 bits per heavy atom. The molecular weight excluding hydrogens is 383 g/mol. The SMILES string of the molecule is O=C1c2cc(Cl)ccc2S(c2ccc(Cl)cc2)=C2C=CC(Cl)=CC12. The minimum atomic E-state index is -0.363. The number of halogens is 3. The molecule has 0 saturated carbocycles. The van der Waals surface area contributed by atoms with Gasteiger partial charge in [-0.1, -0.05) is 47.0 Å². The molecule has 5 heteroatoms. The van der Waals surface area contributed by atoms with E-state index in [2.05, 4.69) is 0 Å². The van der Waals surface area contributed by atoms with Crippen molar-refractivity contribution in [3.8, 4) is 0 Å². The van der Waals surface area contributed by atoms with Gasteiger partial charge in [0.1, 0.15) is 0 Å². The van der Waals surface area contributed by atoms with E-state index < -0.39 is 0 Å². The first-order valence-corrected chi connectivity index (χ1v) is 9.66. The minimum Gasteiger partial charge on any atom is -0.293 e. The summed E-state index contributed by atoms with van der Waals surface area (Å²) < 4.78 is 0. The zero-order chi connectivity index (χ0) is 16.8. The highest BCUT2D eigenvalue weighted by molar-refractivity contribution is 8.16. The lowest BCUT2D eigenvalue weighted by Gasteiger charge is -2.29. The third-order valence-corrected chi connectivity index (χ3v) is 7.17. The summed E-state index contributed by atoms with van der Waals surface area (Å²) >= 11 is 18.3. The van der Waals surface area contributed by atoms with E-state index in [1.807, 2.05) is 54.6 Å². The molecule has 2 atom stereocenters. The Bertz CT molecular complexity index is 955. The molecule has 2 aliphatic rings.